The van der Waals surface area contributed by atoms with Gasteiger partial charge in [-0.1, -0.05) is 11.6 Å². The second-order valence-electron chi connectivity index (χ2n) is 7.40. The number of hydrogen-bond donors (Lipinski definition) is 1. The van der Waals surface area contributed by atoms with Crippen LogP contribution < -0.4 is 5.32 Å². The fourth-order valence-corrected chi connectivity index (χ4v) is 4.10. The van der Waals surface area contributed by atoms with Gasteiger partial charge in [-0.2, -0.15) is 0 Å². The molecule has 1 aromatic carbocycles. The zero-order chi connectivity index (χ0) is 18.3. The molecule has 138 valence electrons. The number of likely N-dealkylation sites (tertiary alicyclic amines) is 1. The van der Waals surface area contributed by atoms with Gasteiger partial charge in [-0.15, -0.1) is 0 Å². The SMILES string of the molecule is CN1C[C@@H](C(=O)N[C@H]2CC[C@@H](c3nc4cc(Cl)ccc4o3)CC2)CC1=O. The van der Waals surface area contributed by atoms with E-state index in [-0.39, 0.29) is 29.7 Å². The first kappa shape index (κ1) is 17.3. The van der Waals surface area contributed by atoms with E-state index in [0.29, 0.717) is 18.0 Å². The third-order valence-corrected chi connectivity index (χ3v) is 5.74. The van der Waals surface area contributed by atoms with Crippen LogP contribution in [0, 0.1) is 5.92 Å². The Bertz CT molecular complexity index is 842. The largest absolute Gasteiger partial charge is 0.440 e. The maximum atomic E-state index is 12.4. The van der Waals surface area contributed by atoms with Crippen LogP contribution in [0.2, 0.25) is 5.02 Å². The minimum absolute atomic E-state index is 0.00246. The summed E-state index contributed by atoms with van der Waals surface area (Å²) in [4.78, 5) is 30.2. The summed E-state index contributed by atoms with van der Waals surface area (Å²) in [6.45, 7) is 0.519. The van der Waals surface area contributed by atoms with Gasteiger partial charge in [0.15, 0.2) is 11.5 Å². The van der Waals surface area contributed by atoms with Crippen molar-refractivity contribution in [1.82, 2.24) is 15.2 Å². The van der Waals surface area contributed by atoms with E-state index in [1.807, 2.05) is 12.1 Å². The monoisotopic (exact) mass is 375 g/mol. The van der Waals surface area contributed by atoms with Crippen molar-refractivity contribution >= 4 is 34.5 Å². The lowest BCUT2D eigenvalue weighted by Gasteiger charge is -2.28. The molecule has 2 heterocycles. The van der Waals surface area contributed by atoms with Gasteiger partial charge in [-0.3, -0.25) is 9.59 Å². The fraction of sp³-hybridized carbons (Fsp3) is 0.526. The van der Waals surface area contributed by atoms with Crippen molar-refractivity contribution < 1.29 is 14.0 Å². The molecule has 0 radical (unpaired) electrons. The highest BCUT2D eigenvalue weighted by Gasteiger charge is 2.34. The van der Waals surface area contributed by atoms with Gasteiger partial charge < -0.3 is 14.6 Å². The summed E-state index contributed by atoms with van der Waals surface area (Å²) >= 11 is 6.01. The summed E-state index contributed by atoms with van der Waals surface area (Å²) in [6, 6.07) is 5.63. The number of amides is 2. The summed E-state index contributed by atoms with van der Waals surface area (Å²) in [5.74, 6) is 0.864. The van der Waals surface area contributed by atoms with Crippen LogP contribution in [0.3, 0.4) is 0 Å². The van der Waals surface area contributed by atoms with Crippen molar-refractivity contribution in [2.75, 3.05) is 13.6 Å². The molecule has 1 saturated heterocycles. The first-order valence-electron chi connectivity index (χ1n) is 9.10. The summed E-state index contributed by atoms with van der Waals surface area (Å²) in [7, 11) is 1.74. The molecule has 7 heteroatoms. The maximum Gasteiger partial charge on any atom is 0.225 e. The molecule has 1 atom stereocenters. The third kappa shape index (κ3) is 3.43. The number of aromatic nitrogens is 1. The summed E-state index contributed by atoms with van der Waals surface area (Å²) in [6.07, 6.45) is 3.96. The summed E-state index contributed by atoms with van der Waals surface area (Å²) in [5, 5.41) is 3.77. The normalized spacial score (nSPS) is 26.5. The first-order valence-corrected chi connectivity index (χ1v) is 9.47. The minimum Gasteiger partial charge on any atom is -0.440 e. The quantitative estimate of drug-likeness (QED) is 0.894. The molecule has 2 amide bonds. The number of benzene rings is 1. The molecule has 0 bridgehead atoms. The lowest BCUT2D eigenvalue weighted by molar-refractivity contribution is -0.128. The third-order valence-electron chi connectivity index (χ3n) is 5.50. The molecular weight excluding hydrogens is 354 g/mol. The number of carbonyl (C=O) groups is 2. The molecule has 1 aliphatic carbocycles. The van der Waals surface area contributed by atoms with Crippen molar-refractivity contribution in [2.24, 2.45) is 5.92 Å². The molecule has 4 rings (SSSR count). The lowest BCUT2D eigenvalue weighted by atomic mass is 9.85. The van der Waals surface area contributed by atoms with Crippen LogP contribution in [0.1, 0.15) is 43.9 Å². The molecule has 26 heavy (non-hydrogen) atoms. The Kier molecular flexibility index (Phi) is 4.61. The zero-order valence-corrected chi connectivity index (χ0v) is 15.5. The van der Waals surface area contributed by atoms with E-state index in [0.717, 1.165) is 42.7 Å². The number of oxazole rings is 1. The van der Waals surface area contributed by atoms with Crippen LogP contribution in [-0.2, 0) is 9.59 Å². The molecular formula is C19H22ClN3O3. The molecule has 1 N–H and O–H groups in total. The molecule has 1 aromatic heterocycles. The van der Waals surface area contributed by atoms with Gasteiger partial charge in [0, 0.05) is 37.0 Å². The van der Waals surface area contributed by atoms with Gasteiger partial charge in [0.2, 0.25) is 11.8 Å². The van der Waals surface area contributed by atoms with Crippen LogP contribution in [0.25, 0.3) is 11.1 Å². The molecule has 2 aromatic rings. The smallest absolute Gasteiger partial charge is 0.225 e. The average molecular weight is 376 g/mol. The Morgan fingerprint density at radius 2 is 2.08 bits per heavy atom. The van der Waals surface area contributed by atoms with Crippen LogP contribution >= 0.6 is 11.6 Å². The second kappa shape index (κ2) is 6.91. The predicted molar refractivity (Wildman–Crippen MR) is 97.9 cm³/mol. The number of carbonyl (C=O) groups excluding carboxylic acids is 2. The molecule has 6 nitrogen and oxygen atoms in total. The lowest BCUT2D eigenvalue weighted by Crippen LogP contribution is -2.41. The number of fused-ring (bicyclic) bond motifs is 1. The van der Waals surface area contributed by atoms with Gasteiger partial charge in [0.1, 0.15) is 5.52 Å². The number of nitrogens with one attached hydrogen (secondary N) is 1. The van der Waals surface area contributed by atoms with E-state index >= 15 is 0 Å². The predicted octanol–water partition coefficient (Wildman–Crippen LogP) is 3.10. The van der Waals surface area contributed by atoms with Crippen LogP contribution in [0.5, 0.6) is 0 Å². The number of nitrogens with zero attached hydrogens (tertiary/aromatic N) is 2. The molecule has 0 unspecified atom stereocenters. The fourth-order valence-electron chi connectivity index (χ4n) is 3.94. The molecule has 1 saturated carbocycles. The van der Waals surface area contributed by atoms with Crippen molar-refractivity contribution in [2.45, 2.75) is 44.1 Å². The molecule has 2 aliphatic rings. The Morgan fingerprint density at radius 3 is 2.77 bits per heavy atom. The summed E-state index contributed by atoms with van der Waals surface area (Å²) in [5.41, 5.74) is 1.55. The van der Waals surface area contributed by atoms with E-state index in [9.17, 15) is 9.59 Å². The van der Waals surface area contributed by atoms with Crippen molar-refractivity contribution in [1.29, 1.82) is 0 Å². The minimum atomic E-state index is -0.216. The first-order chi connectivity index (χ1) is 12.5. The zero-order valence-electron chi connectivity index (χ0n) is 14.7. The van der Waals surface area contributed by atoms with Gasteiger partial charge >= 0.3 is 0 Å². The Morgan fingerprint density at radius 1 is 1.31 bits per heavy atom. The number of halogens is 1. The van der Waals surface area contributed by atoms with E-state index in [1.165, 1.54) is 0 Å². The van der Waals surface area contributed by atoms with E-state index in [1.54, 1.807) is 18.0 Å². The topological polar surface area (TPSA) is 75.4 Å². The Balaban J connectivity index is 1.33. The van der Waals surface area contributed by atoms with Crippen LogP contribution in [0.4, 0.5) is 0 Å². The van der Waals surface area contributed by atoms with E-state index in [4.69, 9.17) is 16.0 Å². The highest BCUT2D eigenvalue weighted by Crippen LogP contribution is 2.34. The van der Waals surface area contributed by atoms with E-state index < -0.39 is 0 Å². The van der Waals surface area contributed by atoms with Crippen LogP contribution in [0.15, 0.2) is 22.6 Å². The van der Waals surface area contributed by atoms with Crippen LogP contribution in [-0.4, -0.2) is 41.3 Å². The Labute approximate surface area is 156 Å². The molecule has 2 fully saturated rings. The number of hydrogen-bond acceptors (Lipinski definition) is 4. The van der Waals surface area contributed by atoms with E-state index in [2.05, 4.69) is 10.3 Å². The van der Waals surface area contributed by atoms with Gasteiger partial charge in [0.25, 0.3) is 0 Å². The highest BCUT2D eigenvalue weighted by molar-refractivity contribution is 6.31. The molecule has 0 spiro atoms. The second-order valence-corrected chi connectivity index (χ2v) is 7.83. The van der Waals surface area contributed by atoms with Gasteiger partial charge in [-0.25, -0.2) is 4.98 Å². The van der Waals surface area contributed by atoms with Crippen molar-refractivity contribution in [3.05, 3.63) is 29.1 Å². The van der Waals surface area contributed by atoms with Crippen molar-refractivity contribution in [3.8, 4) is 0 Å². The number of rotatable bonds is 3. The summed E-state index contributed by atoms with van der Waals surface area (Å²) < 4.78 is 5.88. The standard InChI is InChI=1S/C19H22ClN3O3/c1-23-10-12(8-17(23)24)18(25)21-14-5-2-11(3-6-14)19-22-15-9-13(20)4-7-16(15)26-19/h4,7,9,11-12,14H,2-3,5-6,8,10H2,1H3,(H,21,25)/t11-,12-,14+/m0/s1. The highest BCUT2D eigenvalue weighted by atomic mass is 35.5. The molecule has 1 aliphatic heterocycles. The average Bonchev–Trinajstić information content (AvgIpc) is 3.19. The van der Waals surface area contributed by atoms with Gasteiger partial charge in [-0.05, 0) is 43.9 Å². The maximum absolute atomic E-state index is 12.4. The van der Waals surface area contributed by atoms with Gasteiger partial charge in [0.05, 0.1) is 5.92 Å². The van der Waals surface area contributed by atoms with Crippen molar-refractivity contribution in [3.63, 3.8) is 0 Å². The Hall–Kier alpha value is -2.08.